The van der Waals surface area contributed by atoms with Crippen LogP contribution in [0.25, 0.3) is 0 Å². The fourth-order valence-corrected chi connectivity index (χ4v) is 1.92. The number of carbonyl (C=O) groups excluding carboxylic acids is 1. The fraction of sp³-hybridized carbons (Fsp3) is 0.222. The van der Waals surface area contributed by atoms with Gasteiger partial charge >= 0.3 is 21.3 Å². The molecule has 0 radical (unpaired) electrons. The Morgan fingerprint density at radius 3 is 2.47 bits per heavy atom. The summed E-state index contributed by atoms with van der Waals surface area (Å²) in [5.74, 6) is -1.82. The molecule has 0 saturated heterocycles. The van der Waals surface area contributed by atoms with E-state index in [0.717, 1.165) is 6.07 Å². The third-order valence-electron chi connectivity index (χ3n) is 1.94. The molecule has 0 unspecified atom stereocenters. The lowest BCUT2D eigenvalue weighted by molar-refractivity contribution is -0.00974. The smallest absolute Gasteiger partial charge is 0.402 e. The van der Waals surface area contributed by atoms with Crippen molar-refractivity contribution >= 4 is 38.7 Å². The highest BCUT2D eigenvalue weighted by Gasteiger charge is 2.45. The summed E-state index contributed by atoms with van der Waals surface area (Å²) in [6.45, 7) is -1.85. The van der Waals surface area contributed by atoms with Crippen molar-refractivity contribution in [1.29, 1.82) is 0 Å². The minimum atomic E-state index is -5.68. The van der Waals surface area contributed by atoms with Gasteiger partial charge in [-0.1, -0.05) is 6.07 Å². The van der Waals surface area contributed by atoms with Gasteiger partial charge in [-0.25, -0.2) is 4.79 Å². The molecule has 0 aromatic heterocycles. The summed E-state index contributed by atoms with van der Waals surface area (Å²) >= 11 is 1.66. The summed E-state index contributed by atoms with van der Waals surface area (Å²) in [5, 5.41) is 4.78. The lowest BCUT2D eigenvalue weighted by Gasteiger charge is -2.13. The minimum Gasteiger partial charge on any atom is -0.507 e. The van der Waals surface area contributed by atoms with E-state index >= 15 is 0 Å². The van der Waals surface area contributed by atoms with Crippen LogP contribution in [0.15, 0.2) is 18.2 Å². The lowest BCUT2D eigenvalue weighted by atomic mass is 10.2. The number of carbonyl (C=O) groups is 1. The maximum absolute atomic E-state index is 12.8. The number of ether oxygens (including phenoxy) is 1. The predicted molar refractivity (Wildman–Crippen MR) is 67.6 cm³/mol. The number of benzene rings is 1. The Kier molecular flexibility index (Phi) is 4.68. The molecule has 106 valence electrons. The topological polar surface area (TPSA) is 101 Å². The van der Waals surface area contributed by atoms with Crippen LogP contribution in [-0.2, 0) is 14.9 Å². The van der Waals surface area contributed by atoms with Gasteiger partial charge in [0.05, 0.1) is 0 Å². The third kappa shape index (κ3) is 3.73. The summed E-state index contributed by atoms with van der Waals surface area (Å²) in [7, 11) is -5.68. The molecule has 0 aliphatic rings. The second kappa shape index (κ2) is 5.54. The van der Waals surface area contributed by atoms with E-state index in [1.807, 2.05) is 0 Å². The van der Waals surface area contributed by atoms with Crippen molar-refractivity contribution in [1.82, 2.24) is 0 Å². The molecule has 0 amide bonds. The molecule has 0 heterocycles. The number of phenolic OH excluding ortho intramolecular Hbond substituents is 1. The molecule has 1 aromatic carbocycles. The van der Waals surface area contributed by atoms with Gasteiger partial charge in [0.1, 0.15) is 11.3 Å². The molecule has 19 heavy (non-hydrogen) atoms. The number of hydrogen-bond donors (Lipinski definition) is 2. The average Bonchev–Trinajstić information content (AvgIpc) is 2.24. The van der Waals surface area contributed by atoms with E-state index in [2.05, 4.69) is 4.74 Å². The SMILES string of the molecule is O=C(OCC(F)(F)S(=O)(=O)O)c1c(O)cccc1I. The first-order valence-corrected chi connectivity index (χ1v) is 7.07. The molecule has 1 aromatic rings. The second-order valence-corrected chi connectivity index (χ2v) is 6.03. The van der Waals surface area contributed by atoms with Crippen molar-refractivity contribution in [3.05, 3.63) is 27.3 Å². The zero-order chi connectivity index (χ0) is 14.8. The Bertz CT molecular complexity index is 580. The number of esters is 1. The zero-order valence-corrected chi connectivity index (χ0v) is 12.0. The first-order valence-electron chi connectivity index (χ1n) is 4.56. The predicted octanol–water partition coefficient (Wildman–Crippen LogP) is 1.63. The standard InChI is InChI=1S/C9H7F2IO6S/c10-9(11,19(15,16)17)4-18-8(14)7-5(12)2-1-3-6(7)13/h1-3,13H,4H2,(H,15,16,17). The maximum atomic E-state index is 12.8. The summed E-state index contributed by atoms with van der Waals surface area (Å²) in [6, 6.07) is 3.97. The van der Waals surface area contributed by atoms with Crippen LogP contribution in [0.3, 0.4) is 0 Å². The van der Waals surface area contributed by atoms with Crippen molar-refractivity contribution in [2.45, 2.75) is 5.25 Å². The number of aromatic hydroxyl groups is 1. The van der Waals surface area contributed by atoms with Crippen LogP contribution >= 0.6 is 22.6 Å². The quantitative estimate of drug-likeness (QED) is 0.447. The van der Waals surface area contributed by atoms with Crippen LogP contribution in [0.1, 0.15) is 10.4 Å². The molecule has 0 aliphatic heterocycles. The van der Waals surface area contributed by atoms with E-state index in [1.165, 1.54) is 12.1 Å². The molecule has 0 saturated carbocycles. The number of alkyl halides is 2. The normalized spacial score (nSPS) is 12.2. The van der Waals surface area contributed by atoms with Crippen molar-refractivity contribution in [3.8, 4) is 5.75 Å². The van der Waals surface area contributed by atoms with Crippen molar-refractivity contribution in [2.24, 2.45) is 0 Å². The largest absolute Gasteiger partial charge is 0.507 e. The van der Waals surface area contributed by atoms with E-state index in [-0.39, 0.29) is 9.13 Å². The Labute approximate surface area is 120 Å². The van der Waals surface area contributed by atoms with Gasteiger partial charge in [0.2, 0.25) is 0 Å². The van der Waals surface area contributed by atoms with Crippen LogP contribution < -0.4 is 0 Å². The van der Waals surface area contributed by atoms with Gasteiger partial charge in [-0.15, -0.1) is 0 Å². The minimum absolute atomic E-state index is 0.234. The van der Waals surface area contributed by atoms with Crippen molar-refractivity contribution in [3.63, 3.8) is 0 Å². The Hall–Kier alpha value is -1.01. The third-order valence-corrected chi connectivity index (χ3v) is 3.72. The number of phenols is 1. The fourth-order valence-electron chi connectivity index (χ4n) is 1.01. The first kappa shape index (κ1) is 16.0. The molecule has 1 rings (SSSR count). The summed E-state index contributed by atoms with van der Waals surface area (Å²) in [5.41, 5.74) is -0.366. The van der Waals surface area contributed by atoms with Crippen molar-refractivity contribution in [2.75, 3.05) is 6.61 Å². The van der Waals surface area contributed by atoms with Gasteiger partial charge in [0.15, 0.2) is 6.61 Å². The Morgan fingerprint density at radius 1 is 1.42 bits per heavy atom. The Balaban J connectivity index is 2.89. The monoisotopic (exact) mass is 408 g/mol. The molecule has 0 spiro atoms. The van der Waals surface area contributed by atoms with Crippen molar-refractivity contribution < 1.29 is 36.4 Å². The van der Waals surface area contributed by atoms with Crippen LogP contribution in [0.5, 0.6) is 5.75 Å². The molecule has 10 heteroatoms. The molecule has 6 nitrogen and oxygen atoms in total. The van der Waals surface area contributed by atoms with Crippen LogP contribution in [0.4, 0.5) is 8.78 Å². The Morgan fingerprint density at radius 2 is 2.00 bits per heavy atom. The number of hydrogen-bond acceptors (Lipinski definition) is 5. The molecule has 0 fully saturated rings. The highest BCUT2D eigenvalue weighted by Crippen LogP contribution is 2.25. The van der Waals surface area contributed by atoms with Crippen LogP contribution in [0.2, 0.25) is 0 Å². The van der Waals surface area contributed by atoms with Gasteiger partial charge in [-0.2, -0.15) is 17.2 Å². The summed E-state index contributed by atoms with van der Waals surface area (Å²) in [4.78, 5) is 11.5. The van der Waals surface area contributed by atoms with Gasteiger partial charge in [-0.3, -0.25) is 4.55 Å². The number of rotatable bonds is 4. The van der Waals surface area contributed by atoms with Gasteiger partial charge < -0.3 is 9.84 Å². The molecule has 2 N–H and O–H groups in total. The van der Waals surface area contributed by atoms with E-state index in [0.29, 0.717) is 0 Å². The van der Waals surface area contributed by atoms with E-state index in [1.54, 1.807) is 22.6 Å². The van der Waals surface area contributed by atoms with Crippen LogP contribution in [-0.4, -0.2) is 35.9 Å². The van der Waals surface area contributed by atoms with Gasteiger partial charge in [0, 0.05) is 3.57 Å². The lowest BCUT2D eigenvalue weighted by Crippen LogP contribution is -2.34. The molecular weight excluding hydrogens is 401 g/mol. The molecule has 0 aliphatic carbocycles. The van der Waals surface area contributed by atoms with E-state index in [4.69, 9.17) is 4.55 Å². The second-order valence-electron chi connectivity index (χ2n) is 3.32. The first-order chi connectivity index (χ1) is 8.56. The highest BCUT2D eigenvalue weighted by atomic mass is 127. The van der Waals surface area contributed by atoms with Gasteiger partial charge in [0.25, 0.3) is 0 Å². The zero-order valence-electron chi connectivity index (χ0n) is 9.01. The summed E-state index contributed by atoms with van der Waals surface area (Å²) < 4.78 is 58.8. The number of halogens is 3. The maximum Gasteiger partial charge on any atom is 0.402 e. The molecule has 0 bridgehead atoms. The average molecular weight is 408 g/mol. The summed E-state index contributed by atoms with van der Waals surface area (Å²) in [6.07, 6.45) is 0. The van der Waals surface area contributed by atoms with E-state index in [9.17, 15) is 27.1 Å². The molecule has 0 atom stereocenters. The van der Waals surface area contributed by atoms with Gasteiger partial charge in [-0.05, 0) is 34.7 Å². The highest BCUT2D eigenvalue weighted by molar-refractivity contribution is 14.1. The molecular formula is C9H7F2IO6S. The van der Waals surface area contributed by atoms with E-state index < -0.39 is 33.7 Å². The van der Waals surface area contributed by atoms with Crippen LogP contribution in [0, 0.1) is 3.57 Å².